The highest BCUT2D eigenvalue weighted by Crippen LogP contribution is 1.89. The molecule has 5 heavy (non-hydrogen) atoms. The number of hydrogen-bond donors (Lipinski definition) is 1. The Kier molecular flexibility index (Phi) is 2.28. The third-order valence-corrected chi connectivity index (χ3v) is 0.734. The maximum absolute atomic E-state index is 5.07. The summed E-state index contributed by atoms with van der Waals surface area (Å²) in [5.41, 5.74) is 5.07. The van der Waals surface area contributed by atoms with Gasteiger partial charge in [-0.3, -0.25) is 0 Å². The molecule has 0 amide bonds. The third-order valence-electron chi connectivity index (χ3n) is 0.276. The summed E-state index contributed by atoms with van der Waals surface area (Å²) < 4.78 is 0.692. The third kappa shape index (κ3) is 4.02. The van der Waals surface area contributed by atoms with Crippen molar-refractivity contribution in [2.45, 2.75) is 6.92 Å². The normalized spacial score (nSPS) is 12.0. The molecule has 0 atom stereocenters. The lowest BCUT2D eigenvalue weighted by Gasteiger charge is -1.73. The quantitative estimate of drug-likeness (QED) is 0.497. The van der Waals surface area contributed by atoms with Crippen LogP contribution in [-0.2, 0) is 0 Å². The van der Waals surface area contributed by atoms with Gasteiger partial charge in [0.2, 0.25) is 0 Å². The van der Waals surface area contributed by atoms with E-state index >= 15 is 0 Å². The van der Waals surface area contributed by atoms with Gasteiger partial charge in [-0.15, -0.1) is 0 Å². The van der Waals surface area contributed by atoms with E-state index < -0.39 is 0 Å². The maximum Gasteiger partial charge on any atom is 0.0710 e. The summed E-state index contributed by atoms with van der Waals surface area (Å²) in [5, 5.41) is 0. The predicted molar refractivity (Wildman–Crippen MR) is 26.9 cm³/mol. The van der Waals surface area contributed by atoms with E-state index in [2.05, 4.69) is 15.9 Å². The molecule has 0 saturated heterocycles. The predicted octanol–water partition coefficient (Wildman–Crippen LogP) is 1.20. The number of rotatable bonds is 0. The molecule has 0 radical (unpaired) electrons. The Labute approximate surface area is 40.0 Å². The molecule has 1 nitrogen and oxygen atoms in total. The second kappa shape index (κ2) is 2.27. The number of allylic oxidation sites excluding steroid dienone is 1. The largest absolute Gasteiger partial charge is 0.393 e. The Morgan fingerprint density at radius 1 is 2.00 bits per heavy atom. The Morgan fingerprint density at radius 3 is 2.20 bits per heavy atom. The van der Waals surface area contributed by atoms with Crippen LogP contribution in [0.2, 0.25) is 0 Å². The summed E-state index contributed by atoms with van der Waals surface area (Å²) in [6, 6.07) is 0. The van der Waals surface area contributed by atoms with Gasteiger partial charge in [0, 0.05) is 0 Å². The lowest BCUT2D eigenvalue weighted by Crippen LogP contribution is -1.82. The molecule has 0 aromatic rings. The first kappa shape index (κ1) is 5.02. The molecule has 0 aromatic heterocycles. The van der Waals surface area contributed by atoms with Crippen molar-refractivity contribution in [1.82, 2.24) is 0 Å². The van der Waals surface area contributed by atoms with Crippen LogP contribution in [-0.4, -0.2) is 0 Å². The minimum atomic E-state index is 0.692. The maximum atomic E-state index is 5.07. The topological polar surface area (TPSA) is 26.0 Å². The first-order chi connectivity index (χ1) is 2.27. The first-order valence-electron chi connectivity index (χ1n) is 1.34. The van der Waals surface area contributed by atoms with Gasteiger partial charge in [-0.25, -0.2) is 0 Å². The Bertz CT molecular complexity index is 44.9. The molecule has 0 unspecified atom stereocenters. The summed E-state index contributed by atoms with van der Waals surface area (Å²) in [5.74, 6) is 0. The average Bonchev–Trinajstić information content (AvgIpc) is 1.38. The summed E-state index contributed by atoms with van der Waals surface area (Å²) in [6.07, 6.45) is 1.78. The van der Waals surface area contributed by atoms with E-state index in [0.29, 0.717) is 4.61 Å². The van der Waals surface area contributed by atoms with E-state index in [1.807, 2.05) is 6.92 Å². The van der Waals surface area contributed by atoms with Gasteiger partial charge in [0.25, 0.3) is 0 Å². The second-order valence-corrected chi connectivity index (χ2v) is 1.59. The van der Waals surface area contributed by atoms with Crippen LogP contribution >= 0.6 is 15.9 Å². The molecule has 0 aliphatic rings. The zero-order valence-electron chi connectivity index (χ0n) is 3.03. The zero-order valence-corrected chi connectivity index (χ0v) is 4.62. The van der Waals surface area contributed by atoms with E-state index in [-0.39, 0.29) is 0 Å². The molecular formula is C3H6BrN. The van der Waals surface area contributed by atoms with Gasteiger partial charge in [0.1, 0.15) is 0 Å². The van der Waals surface area contributed by atoms with E-state index in [1.54, 1.807) is 6.08 Å². The molecule has 0 aliphatic heterocycles. The number of nitrogens with two attached hydrogens (primary N) is 1. The minimum Gasteiger partial charge on any atom is -0.393 e. The van der Waals surface area contributed by atoms with Crippen molar-refractivity contribution in [1.29, 1.82) is 0 Å². The first-order valence-corrected chi connectivity index (χ1v) is 2.14. The van der Waals surface area contributed by atoms with Crippen molar-refractivity contribution in [2.75, 3.05) is 0 Å². The van der Waals surface area contributed by atoms with E-state index in [1.165, 1.54) is 0 Å². The van der Waals surface area contributed by atoms with Gasteiger partial charge in [-0.05, 0) is 22.9 Å². The van der Waals surface area contributed by atoms with Crippen molar-refractivity contribution >= 4 is 15.9 Å². The molecule has 0 spiro atoms. The molecule has 0 saturated carbocycles. The molecule has 0 rings (SSSR count). The summed E-state index contributed by atoms with van der Waals surface area (Å²) in [6.45, 7) is 1.87. The lowest BCUT2D eigenvalue weighted by molar-refractivity contribution is 1.52. The monoisotopic (exact) mass is 135 g/mol. The number of halogens is 1. The van der Waals surface area contributed by atoms with E-state index in [0.717, 1.165) is 0 Å². The number of hydrogen-bond acceptors (Lipinski definition) is 1. The molecule has 30 valence electrons. The van der Waals surface area contributed by atoms with Crippen molar-refractivity contribution < 1.29 is 0 Å². The van der Waals surface area contributed by atoms with Gasteiger partial charge >= 0.3 is 0 Å². The van der Waals surface area contributed by atoms with Crippen LogP contribution in [0.15, 0.2) is 10.7 Å². The molecule has 0 bridgehead atoms. The molecule has 0 heterocycles. The Balaban J connectivity index is 3.14. The lowest BCUT2D eigenvalue weighted by atomic mass is 10.7. The van der Waals surface area contributed by atoms with Crippen LogP contribution < -0.4 is 5.73 Å². The van der Waals surface area contributed by atoms with Gasteiger partial charge in [-0.1, -0.05) is 6.08 Å². The van der Waals surface area contributed by atoms with Crippen molar-refractivity contribution in [3.63, 3.8) is 0 Å². The van der Waals surface area contributed by atoms with Crippen molar-refractivity contribution in [3.05, 3.63) is 10.7 Å². The van der Waals surface area contributed by atoms with Gasteiger partial charge in [0.05, 0.1) is 4.61 Å². The van der Waals surface area contributed by atoms with Crippen LogP contribution in [0.5, 0.6) is 0 Å². The summed E-state index contributed by atoms with van der Waals surface area (Å²) in [7, 11) is 0. The standard InChI is InChI=1S/C3H6BrN/c1-2-3(4)5/h2H,5H2,1H3/b3-2-. The molecule has 2 N–H and O–H groups in total. The highest BCUT2D eigenvalue weighted by Gasteiger charge is 1.63. The average molecular weight is 136 g/mol. The van der Waals surface area contributed by atoms with E-state index in [9.17, 15) is 0 Å². The zero-order chi connectivity index (χ0) is 4.28. The SMILES string of the molecule is C/C=C(\N)Br. The van der Waals surface area contributed by atoms with Crippen LogP contribution in [0.25, 0.3) is 0 Å². The minimum absolute atomic E-state index is 0.692. The molecule has 2 heteroatoms. The Morgan fingerprint density at radius 2 is 2.20 bits per heavy atom. The van der Waals surface area contributed by atoms with Gasteiger partial charge < -0.3 is 5.73 Å². The highest BCUT2D eigenvalue weighted by molar-refractivity contribution is 9.11. The Hall–Kier alpha value is 0.0200. The fourth-order valence-corrected chi connectivity index (χ4v) is 0. The van der Waals surface area contributed by atoms with Crippen LogP contribution in [0.4, 0.5) is 0 Å². The summed E-state index contributed by atoms with van der Waals surface area (Å²) >= 11 is 3.01. The van der Waals surface area contributed by atoms with Gasteiger partial charge in [0.15, 0.2) is 0 Å². The van der Waals surface area contributed by atoms with E-state index in [4.69, 9.17) is 5.73 Å². The second-order valence-electron chi connectivity index (χ2n) is 0.674. The van der Waals surface area contributed by atoms with Gasteiger partial charge in [-0.2, -0.15) is 0 Å². The molecule has 0 aliphatic carbocycles. The van der Waals surface area contributed by atoms with Crippen LogP contribution in [0.3, 0.4) is 0 Å². The fourth-order valence-electron chi connectivity index (χ4n) is 0. The smallest absolute Gasteiger partial charge is 0.0710 e. The fraction of sp³-hybridized carbons (Fsp3) is 0.333. The van der Waals surface area contributed by atoms with Crippen LogP contribution in [0, 0.1) is 0 Å². The summed E-state index contributed by atoms with van der Waals surface area (Å²) in [4.78, 5) is 0. The molecular weight excluding hydrogens is 130 g/mol. The van der Waals surface area contributed by atoms with Crippen LogP contribution in [0.1, 0.15) is 6.92 Å². The molecule has 0 aromatic carbocycles. The van der Waals surface area contributed by atoms with Crippen molar-refractivity contribution in [3.8, 4) is 0 Å². The molecule has 0 fully saturated rings. The highest BCUT2D eigenvalue weighted by atomic mass is 79.9. The van der Waals surface area contributed by atoms with Crippen molar-refractivity contribution in [2.24, 2.45) is 5.73 Å².